The Morgan fingerprint density at radius 3 is 2.83 bits per heavy atom. The van der Waals surface area contributed by atoms with Gasteiger partial charge in [0.25, 0.3) is 0 Å². The van der Waals surface area contributed by atoms with Crippen LogP contribution >= 0.6 is 0 Å². The molecule has 0 aromatic rings. The molecule has 0 amide bonds. The SMILES string of the molecule is CNC(CCN(C)CC1CCN(C)C1)C(=O)OC. The number of likely N-dealkylation sites (N-methyl/N-ethyl adjacent to an activating group) is 1. The smallest absolute Gasteiger partial charge is 0.322 e. The Kier molecular flexibility index (Phi) is 6.60. The van der Waals surface area contributed by atoms with Crippen LogP contribution in [-0.4, -0.2) is 76.2 Å². The maximum absolute atomic E-state index is 11.4. The first-order valence-electron chi connectivity index (χ1n) is 6.69. The second kappa shape index (κ2) is 7.71. The lowest BCUT2D eigenvalue weighted by atomic mass is 10.1. The quantitative estimate of drug-likeness (QED) is 0.652. The van der Waals surface area contributed by atoms with E-state index in [0.717, 1.165) is 25.4 Å². The van der Waals surface area contributed by atoms with Gasteiger partial charge in [-0.25, -0.2) is 0 Å². The molecule has 1 fully saturated rings. The van der Waals surface area contributed by atoms with Crippen LogP contribution in [0, 0.1) is 5.92 Å². The Morgan fingerprint density at radius 2 is 2.33 bits per heavy atom. The van der Waals surface area contributed by atoms with Crippen molar-refractivity contribution in [2.45, 2.75) is 18.9 Å². The van der Waals surface area contributed by atoms with Crippen LogP contribution < -0.4 is 5.32 Å². The fourth-order valence-electron chi connectivity index (χ4n) is 2.58. The van der Waals surface area contributed by atoms with E-state index in [0.29, 0.717) is 0 Å². The number of ether oxygens (including phenoxy) is 1. The number of nitrogens with zero attached hydrogens (tertiary/aromatic N) is 2. The maximum Gasteiger partial charge on any atom is 0.322 e. The average molecular weight is 257 g/mol. The molecule has 1 heterocycles. The molecule has 0 aromatic carbocycles. The monoisotopic (exact) mass is 257 g/mol. The molecule has 18 heavy (non-hydrogen) atoms. The Morgan fingerprint density at radius 1 is 1.61 bits per heavy atom. The highest BCUT2D eigenvalue weighted by Gasteiger charge is 2.22. The number of likely N-dealkylation sites (tertiary alicyclic amines) is 1. The second-order valence-corrected chi connectivity index (χ2v) is 5.33. The van der Waals surface area contributed by atoms with Crippen molar-refractivity contribution in [2.24, 2.45) is 5.92 Å². The summed E-state index contributed by atoms with van der Waals surface area (Å²) < 4.78 is 4.76. The molecule has 1 aliphatic rings. The Balaban J connectivity index is 2.23. The topological polar surface area (TPSA) is 44.8 Å². The summed E-state index contributed by atoms with van der Waals surface area (Å²) in [7, 11) is 7.54. The summed E-state index contributed by atoms with van der Waals surface area (Å²) >= 11 is 0. The van der Waals surface area contributed by atoms with Gasteiger partial charge in [0, 0.05) is 13.1 Å². The minimum Gasteiger partial charge on any atom is -0.468 e. The average Bonchev–Trinajstić information content (AvgIpc) is 2.75. The third-order valence-corrected chi connectivity index (χ3v) is 3.69. The summed E-state index contributed by atoms with van der Waals surface area (Å²) in [5.74, 6) is 0.595. The van der Waals surface area contributed by atoms with Gasteiger partial charge in [-0.05, 0) is 53.0 Å². The molecule has 0 saturated carbocycles. The van der Waals surface area contributed by atoms with E-state index >= 15 is 0 Å². The van der Waals surface area contributed by atoms with Gasteiger partial charge >= 0.3 is 5.97 Å². The molecule has 2 unspecified atom stereocenters. The van der Waals surface area contributed by atoms with Crippen molar-refractivity contribution in [3.8, 4) is 0 Å². The number of rotatable bonds is 7. The standard InChI is InChI=1S/C13H27N3O2/c1-14-12(13(17)18-4)6-8-16(3)10-11-5-7-15(2)9-11/h11-12,14H,5-10H2,1-4H3. The molecular formula is C13H27N3O2. The highest BCUT2D eigenvalue weighted by molar-refractivity contribution is 5.75. The van der Waals surface area contributed by atoms with E-state index in [1.54, 1.807) is 7.05 Å². The highest BCUT2D eigenvalue weighted by atomic mass is 16.5. The number of methoxy groups -OCH3 is 1. The zero-order valence-electron chi connectivity index (χ0n) is 12.1. The summed E-state index contributed by atoms with van der Waals surface area (Å²) in [5, 5.41) is 3.00. The molecule has 106 valence electrons. The lowest BCUT2D eigenvalue weighted by molar-refractivity contribution is -0.143. The van der Waals surface area contributed by atoms with E-state index in [1.807, 2.05) is 0 Å². The first-order chi connectivity index (χ1) is 8.56. The summed E-state index contributed by atoms with van der Waals surface area (Å²) in [6.07, 6.45) is 2.08. The van der Waals surface area contributed by atoms with E-state index in [9.17, 15) is 4.79 Å². The molecule has 0 bridgehead atoms. The van der Waals surface area contributed by atoms with Crippen LogP contribution in [0.3, 0.4) is 0 Å². The largest absolute Gasteiger partial charge is 0.468 e. The minimum atomic E-state index is -0.191. The van der Waals surface area contributed by atoms with Gasteiger partial charge < -0.3 is 19.9 Å². The van der Waals surface area contributed by atoms with Crippen molar-refractivity contribution in [1.82, 2.24) is 15.1 Å². The van der Waals surface area contributed by atoms with E-state index in [1.165, 1.54) is 26.6 Å². The van der Waals surface area contributed by atoms with Crippen molar-refractivity contribution < 1.29 is 9.53 Å². The summed E-state index contributed by atoms with van der Waals surface area (Å²) in [6, 6.07) is -0.191. The summed E-state index contributed by atoms with van der Waals surface area (Å²) in [5.41, 5.74) is 0. The van der Waals surface area contributed by atoms with Crippen LogP contribution in [0.4, 0.5) is 0 Å². The van der Waals surface area contributed by atoms with E-state index < -0.39 is 0 Å². The van der Waals surface area contributed by atoms with Gasteiger partial charge in [0.1, 0.15) is 6.04 Å². The number of hydrogen-bond donors (Lipinski definition) is 1. The number of esters is 1. The summed E-state index contributed by atoms with van der Waals surface area (Å²) in [4.78, 5) is 16.1. The lowest BCUT2D eigenvalue weighted by Gasteiger charge is -2.22. The van der Waals surface area contributed by atoms with Crippen LogP contribution in [0.5, 0.6) is 0 Å². The van der Waals surface area contributed by atoms with Gasteiger partial charge in [-0.2, -0.15) is 0 Å². The Labute approximate surface area is 110 Å². The fraction of sp³-hybridized carbons (Fsp3) is 0.923. The van der Waals surface area contributed by atoms with E-state index in [-0.39, 0.29) is 12.0 Å². The molecule has 0 aromatic heterocycles. The Bertz CT molecular complexity index is 261. The normalized spacial score (nSPS) is 22.4. The van der Waals surface area contributed by atoms with E-state index in [4.69, 9.17) is 4.74 Å². The molecular weight excluding hydrogens is 230 g/mol. The van der Waals surface area contributed by atoms with Gasteiger partial charge in [-0.3, -0.25) is 4.79 Å². The highest BCUT2D eigenvalue weighted by Crippen LogP contribution is 2.15. The lowest BCUT2D eigenvalue weighted by Crippen LogP contribution is -2.39. The van der Waals surface area contributed by atoms with E-state index in [2.05, 4.69) is 29.2 Å². The molecule has 0 radical (unpaired) electrons. The molecule has 0 aliphatic carbocycles. The number of hydrogen-bond acceptors (Lipinski definition) is 5. The minimum absolute atomic E-state index is 0.175. The first-order valence-corrected chi connectivity index (χ1v) is 6.69. The van der Waals surface area contributed by atoms with Crippen LogP contribution in [0.2, 0.25) is 0 Å². The predicted molar refractivity (Wildman–Crippen MR) is 72.6 cm³/mol. The fourth-order valence-corrected chi connectivity index (χ4v) is 2.58. The zero-order valence-corrected chi connectivity index (χ0v) is 12.1. The Hall–Kier alpha value is -0.650. The number of carbonyl (C=O) groups excluding carboxylic acids is 1. The zero-order chi connectivity index (χ0) is 13.5. The van der Waals surface area contributed by atoms with Crippen molar-refractivity contribution >= 4 is 5.97 Å². The molecule has 5 heteroatoms. The van der Waals surface area contributed by atoms with Crippen LogP contribution in [0.1, 0.15) is 12.8 Å². The molecule has 1 rings (SSSR count). The van der Waals surface area contributed by atoms with Crippen molar-refractivity contribution in [3.05, 3.63) is 0 Å². The molecule has 0 spiro atoms. The first kappa shape index (κ1) is 15.4. The van der Waals surface area contributed by atoms with Gasteiger partial charge in [0.15, 0.2) is 0 Å². The maximum atomic E-state index is 11.4. The van der Waals surface area contributed by atoms with Crippen LogP contribution in [0.15, 0.2) is 0 Å². The van der Waals surface area contributed by atoms with Crippen LogP contribution in [0.25, 0.3) is 0 Å². The second-order valence-electron chi connectivity index (χ2n) is 5.33. The molecule has 2 atom stereocenters. The summed E-state index contributed by atoms with van der Waals surface area (Å²) in [6.45, 7) is 4.43. The molecule has 1 aliphatic heterocycles. The van der Waals surface area contributed by atoms with Gasteiger partial charge in [0.05, 0.1) is 7.11 Å². The molecule has 1 saturated heterocycles. The van der Waals surface area contributed by atoms with Crippen molar-refractivity contribution in [1.29, 1.82) is 0 Å². The third kappa shape index (κ3) is 4.92. The number of nitrogens with one attached hydrogen (secondary N) is 1. The van der Waals surface area contributed by atoms with Gasteiger partial charge in [0.2, 0.25) is 0 Å². The molecule has 1 N–H and O–H groups in total. The van der Waals surface area contributed by atoms with Crippen molar-refractivity contribution in [3.63, 3.8) is 0 Å². The van der Waals surface area contributed by atoms with Crippen LogP contribution in [-0.2, 0) is 9.53 Å². The van der Waals surface area contributed by atoms with Crippen molar-refractivity contribution in [2.75, 3.05) is 54.4 Å². The van der Waals surface area contributed by atoms with Gasteiger partial charge in [-0.15, -0.1) is 0 Å². The predicted octanol–water partition coefficient (Wildman–Crippen LogP) is 0.0210. The molecule has 5 nitrogen and oxygen atoms in total. The third-order valence-electron chi connectivity index (χ3n) is 3.69. The number of carbonyl (C=O) groups is 1. The van der Waals surface area contributed by atoms with Gasteiger partial charge in [-0.1, -0.05) is 0 Å².